The Hall–Kier alpha value is -0.550. The minimum atomic E-state index is -5.58. The predicted octanol–water partition coefficient (Wildman–Crippen LogP) is 5.21. The van der Waals surface area contributed by atoms with E-state index in [0.29, 0.717) is 37.0 Å². The van der Waals surface area contributed by atoms with E-state index in [9.17, 15) is 48.8 Å². The third-order valence-electron chi connectivity index (χ3n) is 13.1. The molecule has 4 saturated carbocycles. The van der Waals surface area contributed by atoms with Crippen molar-refractivity contribution < 1.29 is 53.6 Å². The quantitative estimate of drug-likeness (QED) is 0.0924. The van der Waals surface area contributed by atoms with Gasteiger partial charge in [-0.25, -0.2) is 4.79 Å². The number of fused-ring (bicyclic) bond motifs is 5. The topological polar surface area (TPSA) is 214 Å². The number of aliphatic hydroxyl groups is 3. The molecule has 0 saturated heterocycles. The molecule has 1 amide bonds. The van der Waals surface area contributed by atoms with E-state index >= 15 is 0 Å². The highest BCUT2D eigenvalue weighted by molar-refractivity contribution is 7.72. The van der Waals surface area contributed by atoms with Gasteiger partial charge in [0.2, 0.25) is 0 Å². The van der Waals surface area contributed by atoms with Crippen LogP contribution in [0, 0.1) is 40.4 Å². The first-order chi connectivity index (χ1) is 21.2. The van der Waals surface area contributed by atoms with Crippen LogP contribution in [0.4, 0.5) is 4.79 Å². The number of aliphatic hydroxyl groups excluding tert-OH is 1. The van der Waals surface area contributed by atoms with Crippen LogP contribution in [0.15, 0.2) is 0 Å². The molecule has 10 atom stereocenters. The van der Waals surface area contributed by atoms with Gasteiger partial charge in [0.15, 0.2) is 0 Å². The highest BCUT2D eigenvalue weighted by Gasteiger charge is 2.64. The van der Waals surface area contributed by atoms with Gasteiger partial charge in [-0.3, -0.25) is 9.13 Å². The molecule has 4 rings (SSSR count). The normalized spacial score (nSPS) is 37.8. The van der Waals surface area contributed by atoms with Gasteiger partial charge in [0.25, 0.3) is 5.08 Å². The van der Waals surface area contributed by atoms with Gasteiger partial charge in [0, 0.05) is 18.9 Å². The highest BCUT2D eigenvalue weighted by atomic mass is 31.2. The van der Waals surface area contributed by atoms with Crippen LogP contribution in [-0.2, 0) is 13.9 Å². The molecule has 0 spiro atoms. The maximum Gasteiger partial charge on any atom is 0.407 e. The summed E-state index contributed by atoms with van der Waals surface area (Å²) < 4.78 is 29.4. The third-order valence-corrected chi connectivity index (χ3v) is 16.9. The summed E-state index contributed by atoms with van der Waals surface area (Å²) >= 11 is 0. The second kappa shape index (κ2) is 14.0. The molecule has 268 valence electrons. The summed E-state index contributed by atoms with van der Waals surface area (Å²) in [6.45, 7) is 8.65. The van der Waals surface area contributed by atoms with E-state index in [2.05, 4.69) is 26.1 Å². The minimum Gasteiger partial charge on any atom is -0.446 e. The molecule has 0 aromatic heterocycles. The van der Waals surface area contributed by atoms with Crippen LogP contribution < -0.4 is 5.32 Å². The molecular formula is C32H59NO11P2. The lowest BCUT2D eigenvalue weighted by Crippen LogP contribution is -2.60. The number of amides is 1. The number of carbonyl (C=O) groups is 1. The van der Waals surface area contributed by atoms with Crippen molar-refractivity contribution in [1.29, 1.82) is 0 Å². The molecule has 0 aromatic rings. The summed E-state index contributed by atoms with van der Waals surface area (Å²) in [6, 6.07) is 0. The summed E-state index contributed by atoms with van der Waals surface area (Å²) in [7, 11) is -11.2. The minimum absolute atomic E-state index is 0.0197. The number of ether oxygens (including phenoxy) is 1. The van der Waals surface area contributed by atoms with Gasteiger partial charge in [-0.05, 0) is 106 Å². The molecule has 8 N–H and O–H groups in total. The Balaban J connectivity index is 1.47. The zero-order valence-corrected chi connectivity index (χ0v) is 29.8. The van der Waals surface area contributed by atoms with Gasteiger partial charge >= 0.3 is 21.3 Å². The smallest absolute Gasteiger partial charge is 0.407 e. The highest BCUT2D eigenvalue weighted by Crippen LogP contribution is 2.70. The van der Waals surface area contributed by atoms with E-state index in [-0.39, 0.29) is 35.6 Å². The van der Waals surface area contributed by atoms with Crippen molar-refractivity contribution >= 4 is 21.3 Å². The average Bonchev–Trinajstić information content (AvgIpc) is 3.31. The van der Waals surface area contributed by atoms with E-state index in [0.717, 1.165) is 57.8 Å². The molecule has 14 heteroatoms. The number of rotatable bonds is 13. The summed E-state index contributed by atoms with van der Waals surface area (Å²) in [5.74, 6) is 1.28. The van der Waals surface area contributed by atoms with Crippen molar-refractivity contribution in [1.82, 2.24) is 5.32 Å². The molecule has 4 aliphatic carbocycles. The Morgan fingerprint density at radius 3 is 2.11 bits per heavy atom. The maximum atomic E-state index is 13.1. The van der Waals surface area contributed by atoms with Crippen molar-refractivity contribution in [3.63, 3.8) is 0 Å². The van der Waals surface area contributed by atoms with Crippen LogP contribution in [0.5, 0.6) is 0 Å². The number of hydrogen-bond donors (Lipinski definition) is 8. The summed E-state index contributed by atoms with van der Waals surface area (Å²) in [5, 5.41) is 31.6. The monoisotopic (exact) mass is 695 g/mol. The molecular weight excluding hydrogens is 636 g/mol. The molecule has 1 unspecified atom stereocenters. The van der Waals surface area contributed by atoms with Crippen LogP contribution in [0.2, 0.25) is 0 Å². The number of hydrogen-bond acceptors (Lipinski definition) is 7. The Kier molecular flexibility index (Phi) is 11.6. The molecule has 0 radical (unpaired) electrons. The Bertz CT molecular complexity index is 1150. The Morgan fingerprint density at radius 1 is 0.848 bits per heavy atom. The molecule has 46 heavy (non-hydrogen) atoms. The van der Waals surface area contributed by atoms with E-state index in [4.69, 9.17) is 4.74 Å². The first-order valence-corrected chi connectivity index (χ1v) is 20.6. The van der Waals surface area contributed by atoms with Crippen molar-refractivity contribution in [2.45, 2.75) is 147 Å². The SMILES string of the molecule is CCCCCCC(C)(O)[C@H]1CC[C@H]2[C@@H]3C[C@H](OC(=O)NCCCC(O)(P(=O)(O)O)P(=O)(O)O)[C@H]4C[C@@H](O)CC[C@]4(C)[C@H]3CC[C@]12C. The van der Waals surface area contributed by atoms with Gasteiger partial charge in [-0.1, -0.05) is 46.5 Å². The second-order valence-corrected chi connectivity index (χ2v) is 19.8. The lowest BCUT2D eigenvalue weighted by atomic mass is 9.43. The average molecular weight is 696 g/mol. The van der Waals surface area contributed by atoms with Crippen LogP contribution in [-0.4, -0.2) is 70.4 Å². The van der Waals surface area contributed by atoms with Gasteiger partial charge in [0.1, 0.15) is 6.10 Å². The fraction of sp³-hybridized carbons (Fsp3) is 0.969. The summed E-state index contributed by atoms with van der Waals surface area (Å²) in [5.41, 5.74) is -0.881. The van der Waals surface area contributed by atoms with Gasteiger partial charge in [-0.15, -0.1) is 0 Å². The molecule has 4 aliphatic rings. The number of alkyl carbamates (subject to hydrolysis) is 1. The predicted molar refractivity (Wildman–Crippen MR) is 173 cm³/mol. The summed E-state index contributed by atoms with van der Waals surface area (Å²) in [4.78, 5) is 50.6. The zero-order valence-electron chi connectivity index (χ0n) is 28.0. The molecule has 0 heterocycles. The van der Waals surface area contributed by atoms with Crippen molar-refractivity contribution in [3.8, 4) is 0 Å². The first kappa shape index (κ1) is 38.3. The molecule has 0 bridgehead atoms. The van der Waals surface area contributed by atoms with Crippen molar-refractivity contribution in [3.05, 3.63) is 0 Å². The van der Waals surface area contributed by atoms with E-state index in [1.807, 2.05) is 6.92 Å². The zero-order chi connectivity index (χ0) is 34.3. The second-order valence-electron chi connectivity index (χ2n) is 15.8. The Labute approximate surface area is 273 Å². The number of carbonyl (C=O) groups excluding carboxylic acids is 1. The van der Waals surface area contributed by atoms with Crippen LogP contribution >= 0.6 is 15.2 Å². The summed E-state index contributed by atoms with van der Waals surface area (Å²) in [6.07, 6.45) is 9.21. The fourth-order valence-corrected chi connectivity index (χ4v) is 12.9. The van der Waals surface area contributed by atoms with E-state index in [1.54, 1.807) is 0 Å². The van der Waals surface area contributed by atoms with Crippen LogP contribution in [0.25, 0.3) is 0 Å². The third kappa shape index (κ3) is 7.32. The van der Waals surface area contributed by atoms with E-state index < -0.39 is 50.6 Å². The van der Waals surface area contributed by atoms with Gasteiger partial charge in [-0.2, -0.15) is 0 Å². The maximum absolute atomic E-state index is 13.1. The molecule has 4 fully saturated rings. The Morgan fingerprint density at radius 2 is 1.48 bits per heavy atom. The first-order valence-electron chi connectivity index (χ1n) is 17.4. The standard InChI is InChI=1S/C32H59NO11P2/c1-5-6-7-8-14-31(4,36)27-11-10-23-22-20-26(25-19-21(34)12-16-29(25,2)24(22)13-17-30(23,27)3)44-28(35)33-18-9-15-32(37,45(38,39)40)46(41,42)43/h21-27,34,36-37H,5-20H2,1-4H3,(H,33,35)(H2,38,39,40)(H2,41,42,43)/t21-,22-,23-,24-,25+,26-,27-,29+,30-,31?/m0/s1. The van der Waals surface area contributed by atoms with Gasteiger partial charge in [0.05, 0.1) is 11.7 Å². The fourth-order valence-electron chi connectivity index (χ4n) is 10.6. The molecule has 0 aromatic carbocycles. The lowest BCUT2D eigenvalue weighted by Gasteiger charge is -2.62. The van der Waals surface area contributed by atoms with Crippen LogP contribution in [0.1, 0.15) is 124 Å². The largest absolute Gasteiger partial charge is 0.446 e. The lowest BCUT2D eigenvalue weighted by molar-refractivity contribution is -0.179. The van der Waals surface area contributed by atoms with Crippen molar-refractivity contribution in [2.75, 3.05) is 6.54 Å². The van der Waals surface area contributed by atoms with Crippen LogP contribution in [0.3, 0.4) is 0 Å². The molecule has 0 aliphatic heterocycles. The van der Waals surface area contributed by atoms with E-state index in [1.165, 1.54) is 6.42 Å². The molecule has 12 nitrogen and oxygen atoms in total. The number of nitrogens with one attached hydrogen (secondary N) is 1. The van der Waals surface area contributed by atoms with Crippen molar-refractivity contribution in [2.24, 2.45) is 40.4 Å². The van der Waals surface area contributed by atoms with Gasteiger partial charge < -0.3 is 44.9 Å². The number of unbranched alkanes of at least 4 members (excludes halogenated alkanes) is 3.